The lowest BCUT2D eigenvalue weighted by Gasteiger charge is -2.42. The summed E-state index contributed by atoms with van der Waals surface area (Å²) in [5.41, 5.74) is 12.8. The lowest BCUT2D eigenvalue weighted by molar-refractivity contribution is 0.703. The molecule has 10 aromatic rings. The maximum Gasteiger partial charge on any atom is 0.164 e. The third kappa shape index (κ3) is 6.19. The SMILES string of the molecule is c1ccc(-c2nc(-c3ccccc3)nc(-c3ccc(-c4ccc(C5(c6ccc(-c7cccc8cccnc78)cc6)c6ccccc6Sc6ccccc65)cc4)cc3)n2)cc1. The molecule has 60 heavy (non-hydrogen) atoms. The second-order valence-electron chi connectivity index (χ2n) is 15.0. The largest absolute Gasteiger partial charge is 0.256 e. The molecule has 0 bridgehead atoms. The zero-order valence-corrected chi connectivity index (χ0v) is 33.3. The minimum Gasteiger partial charge on any atom is -0.256 e. The van der Waals surface area contributed by atoms with Gasteiger partial charge < -0.3 is 0 Å². The first-order chi connectivity index (χ1) is 29.7. The number of benzene rings is 8. The highest BCUT2D eigenvalue weighted by atomic mass is 32.2. The molecule has 5 heteroatoms. The van der Waals surface area contributed by atoms with E-state index in [0.29, 0.717) is 17.5 Å². The summed E-state index contributed by atoms with van der Waals surface area (Å²) in [6.45, 7) is 0. The van der Waals surface area contributed by atoms with Gasteiger partial charge in [-0.3, -0.25) is 4.98 Å². The number of hydrogen-bond acceptors (Lipinski definition) is 5. The van der Waals surface area contributed by atoms with Crippen LogP contribution in [0.4, 0.5) is 0 Å². The van der Waals surface area contributed by atoms with Crippen molar-refractivity contribution in [2.75, 3.05) is 0 Å². The van der Waals surface area contributed by atoms with Crippen LogP contribution >= 0.6 is 11.8 Å². The molecule has 11 rings (SSSR count). The van der Waals surface area contributed by atoms with E-state index < -0.39 is 5.41 Å². The highest BCUT2D eigenvalue weighted by Crippen LogP contribution is 2.56. The van der Waals surface area contributed by atoms with E-state index in [0.717, 1.165) is 49.8 Å². The van der Waals surface area contributed by atoms with Gasteiger partial charge in [-0.15, -0.1) is 0 Å². The fourth-order valence-electron chi connectivity index (χ4n) is 8.68. The van der Waals surface area contributed by atoms with Crippen molar-refractivity contribution in [3.05, 3.63) is 241 Å². The molecule has 0 amide bonds. The Balaban J connectivity index is 0.994. The number of nitrogens with zero attached hydrogens (tertiary/aromatic N) is 4. The zero-order valence-electron chi connectivity index (χ0n) is 32.5. The number of rotatable bonds is 7. The van der Waals surface area contributed by atoms with Gasteiger partial charge in [0.25, 0.3) is 0 Å². The molecule has 3 heterocycles. The molecular formula is C55H36N4S. The summed E-state index contributed by atoms with van der Waals surface area (Å²) in [4.78, 5) is 22.1. The molecule has 4 nitrogen and oxygen atoms in total. The van der Waals surface area contributed by atoms with Crippen molar-refractivity contribution in [2.24, 2.45) is 0 Å². The molecular weight excluding hydrogens is 749 g/mol. The predicted molar refractivity (Wildman–Crippen MR) is 245 cm³/mol. The first kappa shape index (κ1) is 35.7. The Bertz CT molecular complexity index is 3040. The minimum absolute atomic E-state index is 0.540. The molecule has 0 aliphatic carbocycles. The molecule has 1 aliphatic rings. The minimum atomic E-state index is -0.540. The van der Waals surface area contributed by atoms with Gasteiger partial charge in [-0.05, 0) is 57.1 Å². The number of fused-ring (bicyclic) bond motifs is 3. The Labute approximate surface area is 353 Å². The van der Waals surface area contributed by atoms with Crippen LogP contribution in [0.1, 0.15) is 22.3 Å². The van der Waals surface area contributed by atoms with Gasteiger partial charge in [-0.2, -0.15) is 0 Å². The molecule has 0 fully saturated rings. The van der Waals surface area contributed by atoms with Crippen molar-refractivity contribution in [1.29, 1.82) is 0 Å². The van der Waals surface area contributed by atoms with Crippen molar-refractivity contribution < 1.29 is 0 Å². The van der Waals surface area contributed by atoms with Crippen LogP contribution < -0.4 is 0 Å². The molecule has 2 aromatic heterocycles. The Morgan fingerprint density at radius 2 is 0.767 bits per heavy atom. The normalized spacial score (nSPS) is 12.7. The molecule has 0 saturated heterocycles. The predicted octanol–water partition coefficient (Wildman–Crippen LogP) is 13.6. The molecule has 0 spiro atoms. The average Bonchev–Trinajstić information content (AvgIpc) is 3.34. The lowest BCUT2D eigenvalue weighted by atomic mass is 9.64. The molecule has 0 N–H and O–H groups in total. The molecule has 282 valence electrons. The Hall–Kier alpha value is -7.47. The number of aromatic nitrogens is 4. The molecule has 0 radical (unpaired) electrons. The summed E-state index contributed by atoms with van der Waals surface area (Å²) in [5.74, 6) is 1.94. The topological polar surface area (TPSA) is 51.6 Å². The first-order valence-corrected chi connectivity index (χ1v) is 20.9. The van der Waals surface area contributed by atoms with E-state index in [1.54, 1.807) is 0 Å². The molecule has 8 aromatic carbocycles. The van der Waals surface area contributed by atoms with Crippen LogP contribution in [0.2, 0.25) is 0 Å². The molecule has 0 atom stereocenters. The van der Waals surface area contributed by atoms with Gasteiger partial charge in [0.2, 0.25) is 0 Å². The second kappa shape index (κ2) is 15.0. The van der Waals surface area contributed by atoms with E-state index in [9.17, 15) is 0 Å². The third-order valence-corrected chi connectivity index (χ3v) is 12.7. The zero-order chi connectivity index (χ0) is 39.9. The van der Waals surface area contributed by atoms with Gasteiger partial charge in [0.1, 0.15) is 0 Å². The smallest absolute Gasteiger partial charge is 0.164 e. The summed E-state index contributed by atoms with van der Waals surface area (Å²) < 4.78 is 0. The fraction of sp³-hybridized carbons (Fsp3) is 0.0182. The van der Waals surface area contributed by atoms with Gasteiger partial charge in [-0.1, -0.05) is 206 Å². The van der Waals surface area contributed by atoms with Gasteiger partial charge in [0.15, 0.2) is 17.5 Å². The van der Waals surface area contributed by atoms with Crippen molar-refractivity contribution in [3.8, 4) is 56.4 Å². The van der Waals surface area contributed by atoms with Gasteiger partial charge in [0, 0.05) is 43.6 Å². The van der Waals surface area contributed by atoms with Crippen LogP contribution in [-0.2, 0) is 5.41 Å². The summed E-state index contributed by atoms with van der Waals surface area (Å²) in [6.07, 6.45) is 1.87. The summed E-state index contributed by atoms with van der Waals surface area (Å²) in [5, 5.41) is 1.14. The van der Waals surface area contributed by atoms with E-state index >= 15 is 0 Å². The Kier molecular flexibility index (Phi) is 8.94. The van der Waals surface area contributed by atoms with Crippen LogP contribution in [0.15, 0.2) is 228 Å². The lowest BCUT2D eigenvalue weighted by Crippen LogP contribution is -2.34. The van der Waals surface area contributed by atoms with E-state index in [-0.39, 0.29) is 0 Å². The van der Waals surface area contributed by atoms with Crippen molar-refractivity contribution >= 4 is 22.7 Å². The van der Waals surface area contributed by atoms with Crippen LogP contribution in [0.3, 0.4) is 0 Å². The maximum absolute atomic E-state index is 4.95. The molecule has 1 aliphatic heterocycles. The summed E-state index contributed by atoms with van der Waals surface area (Å²) in [7, 11) is 0. The first-order valence-electron chi connectivity index (χ1n) is 20.1. The summed E-state index contributed by atoms with van der Waals surface area (Å²) in [6, 6.07) is 75.4. The average molecular weight is 785 g/mol. The van der Waals surface area contributed by atoms with Crippen molar-refractivity contribution in [2.45, 2.75) is 15.2 Å². The van der Waals surface area contributed by atoms with E-state index in [1.165, 1.54) is 32.0 Å². The quantitative estimate of drug-likeness (QED) is 0.161. The molecule has 0 unspecified atom stereocenters. The van der Waals surface area contributed by atoms with Gasteiger partial charge in [0.05, 0.1) is 10.9 Å². The van der Waals surface area contributed by atoms with E-state index in [2.05, 4.69) is 146 Å². The second-order valence-corrected chi connectivity index (χ2v) is 16.1. The third-order valence-electron chi connectivity index (χ3n) is 11.6. The molecule has 0 saturated carbocycles. The van der Waals surface area contributed by atoms with Crippen LogP contribution in [0.25, 0.3) is 67.3 Å². The summed E-state index contributed by atoms with van der Waals surface area (Å²) >= 11 is 1.85. The highest BCUT2D eigenvalue weighted by Gasteiger charge is 2.44. The highest BCUT2D eigenvalue weighted by molar-refractivity contribution is 7.99. The van der Waals surface area contributed by atoms with Crippen molar-refractivity contribution in [1.82, 2.24) is 19.9 Å². The number of hydrogen-bond donors (Lipinski definition) is 0. The van der Waals surface area contributed by atoms with Crippen LogP contribution in [0.5, 0.6) is 0 Å². The van der Waals surface area contributed by atoms with Crippen LogP contribution in [0, 0.1) is 0 Å². The number of pyridine rings is 1. The monoisotopic (exact) mass is 784 g/mol. The van der Waals surface area contributed by atoms with Crippen molar-refractivity contribution in [3.63, 3.8) is 0 Å². The van der Waals surface area contributed by atoms with Crippen LogP contribution in [-0.4, -0.2) is 19.9 Å². The van der Waals surface area contributed by atoms with E-state index in [4.69, 9.17) is 19.9 Å². The number of para-hydroxylation sites is 1. The Morgan fingerprint density at radius 1 is 0.333 bits per heavy atom. The fourth-order valence-corrected chi connectivity index (χ4v) is 9.87. The standard InChI is InChI=1S/C55H36N4S/c1-3-13-41(14-4-1)52-57-53(42-15-5-2-6-16-42)59-54(58-52)43-26-24-37(25-27-43)38-28-32-44(33-29-38)55(47-20-7-9-22-49(47)60-50-23-10-8-21-48(50)55)45-34-30-39(31-35-45)46-19-11-17-40-18-12-36-56-51(40)46/h1-36H. The van der Waals surface area contributed by atoms with Gasteiger partial charge >= 0.3 is 0 Å². The maximum atomic E-state index is 4.95. The van der Waals surface area contributed by atoms with Gasteiger partial charge in [-0.25, -0.2) is 15.0 Å². The Morgan fingerprint density at radius 3 is 1.32 bits per heavy atom. The van der Waals surface area contributed by atoms with E-state index in [1.807, 2.05) is 84.7 Å².